The average molecular weight is 316 g/mol. The van der Waals surface area contributed by atoms with E-state index in [-0.39, 0.29) is 18.1 Å². The van der Waals surface area contributed by atoms with E-state index in [2.05, 4.69) is 5.10 Å². The van der Waals surface area contributed by atoms with Crippen molar-refractivity contribution in [2.45, 2.75) is 34.2 Å². The Morgan fingerprint density at radius 2 is 1.96 bits per heavy atom. The van der Waals surface area contributed by atoms with Gasteiger partial charge in [-0.05, 0) is 39.3 Å². The van der Waals surface area contributed by atoms with Crippen LogP contribution >= 0.6 is 0 Å². The monoisotopic (exact) mass is 316 g/mol. The maximum atomic E-state index is 12.6. The van der Waals surface area contributed by atoms with Crippen molar-refractivity contribution in [1.29, 1.82) is 0 Å². The lowest BCUT2D eigenvalue weighted by Crippen LogP contribution is -2.34. The molecule has 0 radical (unpaired) electrons. The van der Waals surface area contributed by atoms with Gasteiger partial charge in [0, 0.05) is 12.2 Å². The highest BCUT2D eigenvalue weighted by Gasteiger charge is 2.24. The SMILES string of the molecule is CCN(C(=O)Cn1nc(C)c([N+](=O)[O-])c1C)c1ccccc1C. The highest BCUT2D eigenvalue weighted by molar-refractivity contribution is 5.93. The number of para-hydroxylation sites is 1. The van der Waals surface area contributed by atoms with Crippen molar-refractivity contribution in [3.05, 3.63) is 51.3 Å². The summed E-state index contributed by atoms with van der Waals surface area (Å²) in [4.78, 5) is 24.9. The molecule has 0 unspecified atom stereocenters. The van der Waals surface area contributed by atoms with Gasteiger partial charge in [0.1, 0.15) is 17.9 Å². The minimum Gasteiger partial charge on any atom is -0.311 e. The normalized spacial score (nSPS) is 10.6. The molecule has 0 aliphatic heterocycles. The maximum Gasteiger partial charge on any atom is 0.312 e. The fourth-order valence-corrected chi connectivity index (χ4v) is 2.67. The molecule has 0 atom stereocenters. The summed E-state index contributed by atoms with van der Waals surface area (Å²) in [6, 6.07) is 7.63. The van der Waals surface area contributed by atoms with Crippen molar-refractivity contribution in [3.8, 4) is 0 Å². The molecule has 0 bridgehead atoms. The summed E-state index contributed by atoms with van der Waals surface area (Å²) < 4.78 is 1.40. The molecule has 0 fully saturated rings. The van der Waals surface area contributed by atoms with Crippen LogP contribution in [0, 0.1) is 30.9 Å². The number of carbonyl (C=O) groups excluding carboxylic acids is 1. The number of aromatic nitrogens is 2. The van der Waals surface area contributed by atoms with Crippen LogP contribution in [0.25, 0.3) is 0 Å². The molecular formula is C16H20N4O3. The molecule has 1 aromatic heterocycles. The summed E-state index contributed by atoms with van der Waals surface area (Å²) in [6.07, 6.45) is 0. The number of aryl methyl sites for hydroxylation is 2. The minimum atomic E-state index is -0.461. The quantitative estimate of drug-likeness (QED) is 0.627. The van der Waals surface area contributed by atoms with Gasteiger partial charge in [-0.2, -0.15) is 5.10 Å². The van der Waals surface area contributed by atoms with E-state index in [9.17, 15) is 14.9 Å². The lowest BCUT2D eigenvalue weighted by molar-refractivity contribution is -0.386. The minimum absolute atomic E-state index is 0.0251. The fraction of sp³-hybridized carbons (Fsp3) is 0.375. The van der Waals surface area contributed by atoms with Gasteiger partial charge in [0.05, 0.1) is 4.92 Å². The smallest absolute Gasteiger partial charge is 0.311 e. The third-order valence-corrected chi connectivity index (χ3v) is 3.83. The van der Waals surface area contributed by atoms with E-state index in [4.69, 9.17) is 0 Å². The van der Waals surface area contributed by atoms with Crippen molar-refractivity contribution in [2.24, 2.45) is 0 Å². The van der Waals surface area contributed by atoms with Crippen LogP contribution in [0.15, 0.2) is 24.3 Å². The zero-order chi connectivity index (χ0) is 17.1. The molecule has 0 N–H and O–H groups in total. The maximum absolute atomic E-state index is 12.6. The van der Waals surface area contributed by atoms with Crippen LogP contribution in [0.4, 0.5) is 11.4 Å². The summed E-state index contributed by atoms with van der Waals surface area (Å²) in [5.74, 6) is -0.151. The Balaban J connectivity index is 2.29. The molecule has 23 heavy (non-hydrogen) atoms. The Labute approximate surface area is 134 Å². The third kappa shape index (κ3) is 3.23. The van der Waals surface area contributed by atoms with Gasteiger partial charge in [-0.15, -0.1) is 0 Å². The van der Waals surface area contributed by atoms with Gasteiger partial charge < -0.3 is 4.90 Å². The van der Waals surface area contributed by atoms with Gasteiger partial charge in [-0.3, -0.25) is 19.6 Å². The van der Waals surface area contributed by atoms with Crippen LogP contribution in [0.2, 0.25) is 0 Å². The van der Waals surface area contributed by atoms with Crippen LogP contribution in [-0.4, -0.2) is 27.2 Å². The van der Waals surface area contributed by atoms with Gasteiger partial charge >= 0.3 is 5.69 Å². The number of rotatable bonds is 5. The summed E-state index contributed by atoms with van der Waals surface area (Å²) >= 11 is 0. The summed E-state index contributed by atoms with van der Waals surface area (Å²) in [5.41, 5.74) is 2.52. The molecule has 7 nitrogen and oxygen atoms in total. The Morgan fingerprint density at radius 3 is 2.48 bits per heavy atom. The van der Waals surface area contributed by atoms with Crippen molar-refractivity contribution in [2.75, 3.05) is 11.4 Å². The van der Waals surface area contributed by atoms with Gasteiger partial charge in [-0.1, -0.05) is 18.2 Å². The van der Waals surface area contributed by atoms with E-state index >= 15 is 0 Å². The number of nitrogens with zero attached hydrogens (tertiary/aromatic N) is 4. The van der Waals surface area contributed by atoms with Crippen molar-refractivity contribution < 1.29 is 9.72 Å². The zero-order valence-electron chi connectivity index (χ0n) is 13.7. The fourth-order valence-electron chi connectivity index (χ4n) is 2.67. The number of carbonyl (C=O) groups is 1. The molecule has 122 valence electrons. The van der Waals surface area contributed by atoms with E-state index in [1.807, 2.05) is 38.1 Å². The number of anilines is 1. The molecule has 1 aromatic carbocycles. The highest BCUT2D eigenvalue weighted by Crippen LogP contribution is 2.23. The van der Waals surface area contributed by atoms with Gasteiger partial charge in [0.25, 0.3) is 0 Å². The zero-order valence-corrected chi connectivity index (χ0v) is 13.7. The molecule has 0 saturated carbocycles. The second-order valence-corrected chi connectivity index (χ2v) is 5.36. The molecule has 1 amide bonds. The second-order valence-electron chi connectivity index (χ2n) is 5.36. The number of hydrogen-bond donors (Lipinski definition) is 0. The molecule has 2 rings (SSSR count). The topological polar surface area (TPSA) is 81.3 Å². The van der Waals surface area contributed by atoms with Crippen LogP contribution in [0.3, 0.4) is 0 Å². The molecule has 0 aliphatic rings. The Bertz CT molecular complexity index is 752. The lowest BCUT2D eigenvalue weighted by Gasteiger charge is -2.23. The number of hydrogen-bond acceptors (Lipinski definition) is 4. The van der Waals surface area contributed by atoms with Crippen LogP contribution in [-0.2, 0) is 11.3 Å². The van der Waals surface area contributed by atoms with Crippen LogP contribution in [0.1, 0.15) is 23.9 Å². The first-order valence-electron chi connectivity index (χ1n) is 7.41. The largest absolute Gasteiger partial charge is 0.312 e. The Morgan fingerprint density at radius 1 is 1.30 bits per heavy atom. The molecule has 2 aromatic rings. The van der Waals surface area contributed by atoms with Gasteiger partial charge in [0.15, 0.2) is 0 Å². The van der Waals surface area contributed by atoms with E-state index in [1.165, 1.54) is 4.68 Å². The van der Waals surface area contributed by atoms with Crippen molar-refractivity contribution in [3.63, 3.8) is 0 Å². The van der Waals surface area contributed by atoms with Crippen LogP contribution in [0.5, 0.6) is 0 Å². The molecule has 0 spiro atoms. The molecule has 7 heteroatoms. The van der Waals surface area contributed by atoms with E-state index in [1.54, 1.807) is 18.7 Å². The summed E-state index contributed by atoms with van der Waals surface area (Å²) in [5, 5.41) is 15.2. The Hall–Kier alpha value is -2.70. The Kier molecular flexibility index (Phi) is 4.78. The lowest BCUT2D eigenvalue weighted by atomic mass is 10.2. The third-order valence-electron chi connectivity index (χ3n) is 3.83. The summed E-state index contributed by atoms with van der Waals surface area (Å²) in [7, 11) is 0. The first-order chi connectivity index (χ1) is 10.9. The van der Waals surface area contributed by atoms with Gasteiger partial charge in [0.2, 0.25) is 5.91 Å². The van der Waals surface area contributed by atoms with Crippen molar-refractivity contribution in [1.82, 2.24) is 9.78 Å². The first kappa shape index (κ1) is 16.7. The standard InChI is InChI=1S/C16H20N4O3/c1-5-18(14-9-7-6-8-11(14)2)15(21)10-19-13(4)16(20(22)23)12(3)17-19/h6-9H,5,10H2,1-4H3. The molecular weight excluding hydrogens is 296 g/mol. The summed E-state index contributed by atoms with van der Waals surface area (Å²) in [6.45, 7) is 7.52. The second kappa shape index (κ2) is 6.60. The average Bonchev–Trinajstić information content (AvgIpc) is 2.76. The van der Waals surface area contributed by atoms with E-state index < -0.39 is 4.92 Å². The van der Waals surface area contributed by atoms with Gasteiger partial charge in [-0.25, -0.2) is 0 Å². The van der Waals surface area contributed by atoms with Crippen LogP contribution < -0.4 is 4.90 Å². The molecule has 0 aliphatic carbocycles. The molecule has 1 heterocycles. The molecule has 0 saturated heterocycles. The predicted octanol–water partition coefficient (Wildman–Crippen LogP) is 2.77. The van der Waals surface area contributed by atoms with E-state index in [0.29, 0.717) is 17.9 Å². The number of likely N-dealkylation sites (N-methyl/N-ethyl adjacent to an activating group) is 1. The highest BCUT2D eigenvalue weighted by atomic mass is 16.6. The number of nitro groups is 1. The van der Waals surface area contributed by atoms with Crippen molar-refractivity contribution >= 4 is 17.3 Å². The first-order valence-corrected chi connectivity index (χ1v) is 7.41. The number of amides is 1. The number of benzene rings is 1. The predicted molar refractivity (Wildman–Crippen MR) is 87.6 cm³/mol. The van der Waals surface area contributed by atoms with E-state index in [0.717, 1.165) is 11.3 Å².